The SMILES string of the molecule is CN(C)C(=O)c1ccc(C#CCNC(=O)c2ccncc2)cc1. The van der Waals surface area contributed by atoms with E-state index in [1.54, 1.807) is 62.9 Å². The van der Waals surface area contributed by atoms with Gasteiger partial charge in [0.2, 0.25) is 0 Å². The lowest BCUT2D eigenvalue weighted by atomic mass is 10.1. The molecule has 0 aliphatic heterocycles. The van der Waals surface area contributed by atoms with Crippen molar-refractivity contribution in [2.45, 2.75) is 0 Å². The van der Waals surface area contributed by atoms with Gasteiger partial charge in [0.25, 0.3) is 11.8 Å². The highest BCUT2D eigenvalue weighted by Gasteiger charge is 2.06. The van der Waals surface area contributed by atoms with Crippen LogP contribution in [0.15, 0.2) is 48.8 Å². The first-order valence-electron chi connectivity index (χ1n) is 7.07. The average molecular weight is 307 g/mol. The molecule has 2 aromatic rings. The van der Waals surface area contributed by atoms with Gasteiger partial charge in [-0.2, -0.15) is 0 Å². The number of rotatable bonds is 3. The minimum atomic E-state index is -0.186. The predicted molar refractivity (Wildman–Crippen MR) is 87.9 cm³/mol. The highest BCUT2D eigenvalue weighted by Crippen LogP contribution is 2.05. The fraction of sp³-hybridized carbons (Fsp3) is 0.167. The second-order valence-electron chi connectivity index (χ2n) is 5.00. The number of pyridine rings is 1. The Kier molecular flexibility index (Phi) is 5.48. The zero-order valence-electron chi connectivity index (χ0n) is 13.0. The summed E-state index contributed by atoms with van der Waals surface area (Å²) < 4.78 is 0. The molecular formula is C18H17N3O2. The van der Waals surface area contributed by atoms with Crippen molar-refractivity contribution >= 4 is 11.8 Å². The van der Waals surface area contributed by atoms with E-state index >= 15 is 0 Å². The molecule has 2 rings (SSSR count). The molecule has 0 aliphatic rings. The Morgan fingerprint density at radius 2 is 1.70 bits per heavy atom. The van der Waals surface area contributed by atoms with Gasteiger partial charge in [0.1, 0.15) is 0 Å². The number of carbonyl (C=O) groups excluding carboxylic acids is 2. The molecule has 1 N–H and O–H groups in total. The first-order valence-corrected chi connectivity index (χ1v) is 7.07. The molecule has 0 radical (unpaired) electrons. The summed E-state index contributed by atoms with van der Waals surface area (Å²) in [4.78, 5) is 28.9. The highest BCUT2D eigenvalue weighted by atomic mass is 16.2. The molecule has 0 atom stereocenters. The van der Waals surface area contributed by atoms with E-state index in [1.165, 1.54) is 4.90 Å². The quantitative estimate of drug-likeness (QED) is 0.876. The number of nitrogens with one attached hydrogen (secondary N) is 1. The summed E-state index contributed by atoms with van der Waals surface area (Å²) in [6, 6.07) is 10.3. The Bertz CT molecular complexity index is 741. The molecule has 116 valence electrons. The monoisotopic (exact) mass is 307 g/mol. The summed E-state index contributed by atoms with van der Waals surface area (Å²) in [6.07, 6.45) is 3.13. The van der Waals surface area contributed by atoms with Crippen molar-refractivity contribution in [2.75, 3.05) is 20.6 Å². The van der Waals surface area contributed by atoms with Crippen molar-refractivity contribution in [2.24, 2.45) is 0 Å². The molecule has 0 bridgehead atoms. The topological polar surface area (TPSA) is 62.3 Å². The molecule has 0 aliphatic carbocycles. The van der Waals surface area contributed by atoms with Crippen LogP contribution in [0, 0.1) is 11.8 Å². The molecule has 0 saturated carbocycles. The number of carbonyl (C=O) groups is 2. The van der Waals surface area contributed by atoms with Gasteiger partial charge < -0.3 is 10.2 Å². The Morgan fingerprint density at radius 3 is 2.30 bits per heavy atom. The van der Waals surface area contributed by atoms with Gasteiger partial charge in [-0.25, -0.2) is 0 Å². The second-order valence-corrected chi connectivity index (χ2v) is 5.00. The standard InChI is InChI=1S/C18H17N3O2/c1-21(2)18(23)16-7-5-14(6-8-16)4-3-11-20-17(22)15-9-12-19-13-10-15/h5-10,12-13H,11H2,1-2H3,(H,20,22). The van der Waals surface area contributed by atoms with Crippen LogP contribution in [0.2, 0.25) is 0 Å². The van der Waals surface area contributed by atoms with Crippen LogP contribution in [0.25, 0.3) is 0 Å². The van der Waals surface area contributed by atoms with E-state index < -0.39 is 0 Å². The maximum Gasteiger partial charge on any atom is 0.253 e. The van der Waals surface area contributed by atoms with Crippen LogP contribution >= 0.6 is 0 Å². The normalized spacial score (nSPS) is 9.48. The lowest BCUT2D eigenvalue weighted by Gasteiger charge is -2.09. The number of hydrogen-bond acceptors (Lipinski definition) is 3. The van der Waals surface area contributed by atoms with Crippen LogP contribution in [0.5, 0.6) is 0 Å². The van der Waals surface area contributed by atoms with Crippen LogP contribution < -0.4 is 5.32 Å². The van der Waals surface area contributed by atoms with Crippen molar-refractivity contribution in [3.8, 4) is 11.8 Å². The van der Waals surface area contributed by atoms with E-state index in [9.17, 15) is 9.59 Å². The van der Waals surface area contributed by atoms with Crippen LogP contribution in [-0.4, -0.2) is 42.3 Å². The van der Waals surface area contributed by atoms with Crippen molar-refractivity contribution in [1.82, 2.24) is 15.2 Å². The summed E-state index contributed by atoms with van der Waals surface area (Å²) in [5, 5.41) is 2.71. The largest absolute Gasteiger partial charge is 0.345 e. The summed E-state index contributed by atoms with van der Waals surface area (Å²) in [7, 11) is 3.42. The van der Waals surface area contributed by atoms with Gasteiger partial charge in [-0.15, -0.1) is 0 Å². The minimum absolute atomic E-state index is 0.0471. The molecule has 5 nitrogen and oxygen atoms in total. The smallest absolute Gasteiger partial charge is 0.253 e. The molecular weight excluding hydrogens is 290 g/mol. The lowest BCUT2D eigenvalue weighted by molar-refractivity contribution is 0.0827. The van der Waals surface area contributed by atoms with Gasteiger partial charge >= 0.3 is 0 Å². The first kappa shape index (κ1) is 16.2. The summed E-state index contributed by atoms with van der Waals surface area (Å²) in [5.41, 5.74) is 1.96. The molecule has 1 heterocycles. The molecule has 0 saturated heterocycles. The Morgan fingerprint density at radius 1 is 1.04 bits per heavy atom. The lowest BCUT2D eigenvalue weighted by Crippen LogP contribution is -2.23. The van der Waals surface area contributed by atoms with Crippen molar-refractivity contribution in [3.63, 3.8) is 0 Å². The van der Waals surface area contributed by atoms with Gasteiger partial charge in [0, 0.05) is 43.2 Å². The zero-order chi connectivity index (χ0) is 16.7. The van der Waals surface area contributed by atoms with Crippen molar-refractivity contribution < 1.29 is 9.59 Å². The van der Waals surface area contributed by atoms with Gasteiger partial charge in [-0.1, -0.05) is 11.8 Å². The van der Waals surface area contributed by atoms with Crippen LogP contribution in [0.4, 0.5) is 0 Å². The molecule has 1 aromatic heterocycles. The van der Waals surface area contributed by atoms with E-state index in [0.29, 0.717) is 11.1 Å². The van der Waals surface area contributed by atoms with E-state index in [0.717, 1.165) is 5.56 Å². The molecule has 0 spiro atoms. The highest BCUT2D eigenvalue weighted by molar-refractivity contribution is 5.94. The van der Waals surface area contributed by atoms with Gasteiger partial charge in [0.15, 0.2) is 0 Å². The third-order valence-electron chi connectivity index (χ3n) is 3.05. The van der Waals surface area contributed by atoms with E-state index in [2.05, 4.69) is 22.1 Å². The maximum absolute atomic E-state index is 11.8. The summed E-state index contributed by atoms with van der Waals surface area (Å²) >= 11 is 0. The van der Waals surface area contributed by atoms with Gasteiger partial charge in [-0.05, 0) is 36.4 Å². The van der Waals surface area contributed by atoms with Crippen molar-refractivity contribution in [1.29, 1.82) is 0 Å². The van der Waals surface area contributed by atoms with Crippen LogP contribution in [-0.2, 0) is 0 Å². The van der Waals surface area contributed by atoms with Crippen LogP contribution in [0.3, 0.4) is 0 Å². The Hall–Kier alpha value is -3.13. The number of nitrogens with zero attached hydrogens (tertiary/aromatic N) is 2. The minimum Gasteiger partial charge on any atom is -0.345 e. The van der Waals surface area contributed by atoms with Crippen LogP contribution in [0.1, 0.15) is 26.3 Å². The van der Waals surface area contributed by atoms with E-state index in [1.807, 2.05) is 0 Å². The van der Waals surface area contributed by atoms with Gasteiger partial charge in [-0.3, -0.25) is 14.6 Å². The molecule has 1 aromatic carbocycles. The molecule has 0 fully saturated rings. The Balaban J connectivity index is 1.90. The van der Waals surface area contributed by atoms with Gasteiger partial charge in [0.05, 0.1) is 6.54 Å². The Labute approximate surface area is 135 Å². The first-order chi connectivity index (χ1) is 11.1. The predicted octanol–water partition coefficient (Wildman–Crippen LogP) is 1.56. The molecule has 0 unspecified atom stereocenters. The maximum atomic E-state index is 11.8. The molecule has 23 heavy (non-hydrogen) atoms. The van der Waals surface area contributed by atoms with E-state index in [-0.39, 0.29) is 18.4 Å². The number of benzene rings is 1. The fourth-order valence-corrected chi connectivity index (χ4v) is 1.83. The number of aromatic nitrogens is 1. The molecule has 2 amide bonds. The zero-order valence-corrected chi connectivity index (χ0v) is 13.0. The third kappa shape index (κ3) is 4.68. The summed E-state index contributed by atoms with van der Waals surface area (Å²) in [5.74, 6) is 5.59. The number of amides is 2. The number of hydrogen-bond donors (Lipinski definition) is 1. The van der Waals surface area contributed by atoms with Crippen molar-refractivity contribution in [3.05, 3.63) is 65.5 Å². The second kappa shape index (κ2) is 7.76. The summed E-state index contributed by atoms with van der Waals surface area (Å²) in [6.45, 7) is 0.250. The average Bonchev–Trinajstić information content (AvgIpc) is 2.59. The van der Waals surface area contributed by atoms with E-state index in [4.69, 9.17) is 0 Å². The fourth-order valence-electron chi connectivity index (χ4n) is 1.83. The molecule has 5 heteroatoms. The third-order valence-corrected chi connectivity index (χ3v) is 3.05.